The fraction of sp³-hybridized carbons (Fsp3) is 0.750. The minimum Gasteiger partial charge on any atom is -0.369 e. The predicted molar refractivity (Wildman–Crippen MR) is 95.6 cm³/mol. The molecule has 3 nitrogen and oxygen atoms in total. The monoisotopic (exact) mass is 329 g/mol. The van der Waals surface area contributed by atoms with Crippen LogP contribution in [0.4, 0.5) is 5.82 Å². The Kier molecular flexibility index (Phi) is 10.7. The maximum Gasteiger partial charge on any atom is 0.148 e. The number of nitrogens with one attached hydrogen (secondary N) is 1. The molecule has 0 aromatic carbocycles. The van der Waals surface area contributed by atoms with Gasteiger partial charge in [0.05, 0.1) is 5.69 Å². The van der Waals surface area contributed by atoms with E-state index >= 15 is 0 Å². The summed E-state index contributed by atoms with van der Waals surface area (Å²) in [7, 11) is 0. The van der Waals surface area contributed by atoms with Gasteiger partial charge < -0.3 is 5.32 Å². The number of aryl methyl sites for hydroxylation is 1. The lowest BCUT2D eigenvalue weighted by Crippen LogP contribution is -2.05. The molecule has 0 spiro atoms. The van der Waals surface area contributed by atoms with Crippen LogP contribution in [0.25, 0.3) is 0 Å². The molecule has 0 atom stereocenters. The molecule has 0 fully saturated rings. The summed E-state index contributed by atoms with van der Waals surface area (Å²) in [5.41, 5.74) is 0.916. The second-order valence-corrected chi connectivity index (χ2v) is 6.85. The zero-order chi connectivity index (χ0) is 15.3. The third-order valence-corrected chi connectivity index (χ3v) is 4.79. The summed E-state index contributed by atoms with van der Waals surface area (Å²) < 4.78 is 0. The number of rotatable bonds is 12. The van der Waals surface area contributed by atoms with E-state index < -0.39 is 0 Å². The molecule has 1 heterocycles. The second kappa shape index (κ2) is 12.1. The van der Waals surface area contributed by atoms with Gasteiger partial charge in [-0.2, -0.15) is 11.8 Å². The van der Waals surface area contributed by atoms with Crippen LogP contribution in [0.5, 0.6) is 0 Å². The number of anilines is 1. The predicted octanol–water partition coefficient (Wildman–Crippen LogP) is 5.20. The first-order valence-electron chi connectivity index (χ1n) is 8.10. The van der Waals surface area contributed by atoms with Crippen molar-refractivity contribution in [3.05, 3.63) is 17.0 Å². The molecule has 1 aromatic heterocycles. The highest BCUT2D eigenvalue weighted by Gasteiger charge is 2.06. The van der Waals surface area contributed by atoms with Gasteiger partial charge in [0.1, 0.15) is 17.2 Å². The normalized spacial score (nSPS) is 10.8. The zero-order valence-corrected chi connectivity index (χ0v) is 14.9. The van der Waals surface area contributed by atoms with Crippen LogP contribution in [-0.4, -0.2) is 28.0 Å². The van der Waals surface area contributed by atoms with Crippen molar-refractivity contribution < 1.29 is 0 Å². The van der Waals surface area contributed by atoms with Crippen LogP contribution in [0.15, 0.2) is 6.33 Å². The van der Waals surface area contributed by atoms with Crippen molar-refractivity contribution in [2.75, 3.05) is 23.4 Å². The number of halogens is 1. The summed E-state index contributed by atoms with van der Waals surface area (Å²) in [6, 6.07) is 0. The molecule has 0 aliphatic carbocycles. The Balaban J connectivity index is 2.04. The molecule has 5 heteroatoms. The fourth-order valence-electron chi connectivity index (χ4n) is 2.16. The first-order chi connectivity index (χ1) is 10.3. The minimum atomic E-state index is 0.674. The second-order valence-electron chi connectivity index (χ2n) is 5.08. The molecule has 1 aromatic rings. The number of unbranched alkanes of at least 4 members (excludes halogenated alkanes) is 5. The van der Waals surface area contributed by atoms with Gasteiger partial charge in [0.2, 0.25) is 0 Å². The van der Waals surface area contributed by atoms with Crippen LogP contribution in [0.1, 0.15) is 58.1 Å². The average Bonchev–Trinajstić information content (AvgIpc) is 2.50. The topological polar surface area (TPSA) is 37.8 Å². The molecule has 0 saturated heterocycles. The minimum absolute atomic E-state index is 0.674. The Morgan fingerprint density at radius 1 is 1.05 bits per heavy atom. The van der Waals surface area contributed by atoms with Gasteiger partial charge in [0, 0.05) is 6.54 Å². The molecule has 0 amide bonds. The van der Waals surface area contributed by atoms with Crippen molar-refractivity contribution in [1.82, 2.24) is 9.97 Å². The van der Waals surface area contributed by atoms with Crippen LogP contribution in [0.2, 0.25) is 5.02 Å². The molecule has 120 valence electrons. The summed E-state index contributed by atoms with van der Waals surface area (Å²) in [5, 5.41) is 3.99. The molecule has 21 heavy (non-hydrogen) atoms. The van der Waals surface area contributed by atoms with E-state index in [4.69, 9.17) is 11.6 Å². The Morgan fingerprint density at radius 2 is 1.76 bits per heavy atom. The van der Waals surface area contributed by atoms with Crippen LogP contribution in [0.3, 0.4) is 0 Å². The summed E-state index contributed by atoms with van der Waals surface area (Å²) in [5.74, 6) is 3.35. The van der Waals surface area contributed by atoms with E-state index in [1.54, 1.807) is 6.33 Å². The molecule has 0 aliphatic rings. The lowest BCUT2D eigenvalue weighted by molar-refractivity contribution is 0.618. The van der Waals surface area contributed by atoms with Crippen molar-refractivity contribution in [1.29, 1.82) is 0 Å². The van der Waals surface area contributed by atoms with Gasteiger partial charge in [0.25, 0.3) is 0 Å². The van der Waals surface area contributed by atoms with Gasteiger partial charge >= 0.3 is 0 Å². The van der Waals surface area contributed by atoms with Crippen molar-refractivity contribution in [2.45, 2.75) is 58.8 Å². The summed E-state index contributed by atoms with van der Waals surface area (Å²) in [6.07, 6.45) is 10.3. The number of thioether (sulfide) groups is 1. The van der Waals surface area contributed by atoms with Crippen molar-refractivity contribution in [2.24, 2.45) is 0 Å². The lowest BCUT2D eigenvalue weighted by Gasteiger charge is -2.09. The zero-order valence-electron chi connectivity index (χ0n) is 13.3. The average molecular weight is 330 g/mol. The number of hydrogen-bond acceptors (Lipinski definition) is 4. The molecule has 0 aliphatic heterocycles. The van der Waals surface area contributed by atoms with E-state index in [0.717, 1.165) is 24.5 Å². The molecule has 0 radical (unpaired) electrons. The van der Waals surface area contributed by atoms with E-state index in [2.05, 4.69) is 29.1 Å². The Hall–Kier alpha value is -0.480. The number of aromatic nitrogens is 2. The number of nitrogens with zero attached hydrogens (tertiary/aromatic N) is 2. The molecular weight excluding hydrogens is 302 g/mol. The third-order valence-electron chi connectivity index (χ3n) is 3.41. The van der Waals surface area contributed by atoms with Crippen molar-refractivity contribution in [3.63, 3.8) is 0 Å². The van der Waals surface area contributed by atoms with Gasteiger partial charge in [-0.15, -0.1) is 0 Å². The molecule has 1 rings (SSSR count). The van der Waals surface area contributed by atoms with Crippen LogP contribution >= 0.6 is 23.4 Å². The van der Waals surface area contributed by atoms with E-state index in [1.165, 1.54) is 50.0 Å². The van der Waals surface area contributed by atoms with Gasteiger partial charge in [0.15, 0.2) is 0 Å². The third kappa shape index (κ3) is 7.91. The van der Waals surface area contributed by atoms with Gasteiger partial charge in [-0.05, 0) is 30.8 Å². The highest BCUT2D eigenvalue weighted by Crippen LogP contribution is 2.22. The van der Waals surface area contributed by atoms with Crippen molar-refractivity contribution >= 4 is 29.2 Å². The van der Waals surface area contributed by atoms with E-state index in [1.807, 2.05) is 11.8 Å². The van der Waals surface area contributed by atoms with Gasteiger partial charge in [-0.3, -0.25) is 0 Å². The molecule has 0 bridgehead atoms. The molecular formula is C16H28ClN3S. The summed E-state index contributed by atoms with van der Waals surface area (Å²) >= 11 is 8.29. The quantitative estimate of drug-likeness (QED) is 0.535. The fourth-order valence-corrected chi connectivity index (χ4v) is 3.16. The summed E-state index contributed by atoms with van der Waals surface area (Å²) in [4.78, 5) is 8.38. The van der Waals surface area contributed by atoms with Crippen LogP contribution < -0.4 is 5.32 Å². The standard InChI is InChI=1S/C16H28ClN3S/c1-3-14-15(17)16(20-13-19-14)18-11-9-7-5-6-8-10-12-21-4-2/h13H,3-12H2,1-2H3,(H,18,19,20). The SMILES string of the molecule is CCSCCCCCCCCNc1ncnc(CC)c1Cl. The van der Waals surface area contributed by atoms with Gasteiger partial charge in [-0.1, -0.05) is 51.1 Å². The first kappa shape index (κ1) is 18.6. The largest absolute Gasteiger partial charge is 0.369 e. The van der Waals surface area contributed by atoms with Crippen LogP contribution in [0, 0.1) is 0 Å². The maximum atomic E-state index is 6.24. The maximum absolute atomic E-state index is 6.24. The lowest BCUT2D eigenvalue weighted by atomic mass is 10.1. The highest BCUT2D eigenvalue weighted by molar-refractivity contribution is 7.99. The molecule has 0 unspecified atom stereocenters. The van der Waals surface area contributed by atoms with E-state index in [-0.39, 0.29) is 0 Å². The summed E-state index contributed by atoms with van der Waals surface area (Å²) in [6.45, 7) is 5.22. The smallest absolute Gasteiger partial charge is 0.148 e. The number of hydrogen-bond donors (Lipinski definition) is 1. The Labute approximate surface area is 138 Å². The Morgan fingerprint density at radius 3 is 2.48 bits per heavy atom. The van der Waals surface area contributed by atoms with Crippen molar-refractivity contribution in [3.8, 4) is 0 Å². The van der Waals surface area contributed by atoms with E-state index in [0.29, 0.717) is 5.02 Å². The van der Waals surface area contributed by atoms with Crippen LogP contribution in [-0.2, 0) is 6.42 Å². The Bertz CT molecular complexity index is 388. The molecule has 1 N–H and O–H groups in total. The molecule has 0 saturated carbocycles. The van der Waals surface area contributed by atoms with Gasteiger partial charge in [-0.25, -0.2) is 9.97 Å². The van der Waals surface area contributed by atoms with E-state index in [9.17, 15) is 0 Å². The highest BCUT2D eigenvalue weighted by atomic mass is 35.5. The first-order valence-corrected chi connectivity index (χ1v) is 9.63.